The van der Waals surface area contributed by atoms with Crippen LogP contribution in [0.1, 0.15) is 5.82 Å². The highest BCUT2D eigenvalue weighted by atomic mass is 32.2. The Bertz CT molecular complexity index is 534. The van der Waals surface area contributed by atoms with Crippen LogP contribution in [0.25, 0.3) is 5.69 Å². The van der Waals surface area contributed by atoms with E-state index in [1.165, 1.54) is 0 Å². The van der Waals surface area contributed by atoms with Gasteiger partial charge in [-0.1, -0.05) is 17.8 Å². The Morgan fingerprint density at radius 3 is 2.67 bits per heavy atom. The molecule has 2 aromatic rings. The maximum absolute atomic E-state index is 5.15. The minimum atomic E-state index is 0.814. The van der Waals surface area contributed by atoms with Crippen molar-refractivity contribution in [1.29, 1.82) is 0 Å². The van der Waals surface area contributed by atoms with Crippen molar-refractivity contribution in [1.82, 2.24) is 14.8 Å². The van der Waals surface area contributed by atoms with Crippen LogP contribution in [0.2, 0.25) is 0 Å². The van der Waals surface area contributed by atoms with Crippen LogP contribution in [0.4, 0.5) is 0 Å². The molecular formula is C13H15N3OS. The van der Waals surface area contributed by atoms with Crippen LogP contribution in [0.15, 0.2) is 42.1 Å². The molecule has 0 radical (unpaired) electrons. The number of aromatic nitrogens is 3. The summed E-state index contributed by atoms with van der Waals surface area (Å²) in [6.07, 6.45) is 1.85. The third-order valence-corrected chi connectivity index (χ3v) is 3.38. The molecule has 0 saturated heterocycles. The molecule has 2 rings (SSSR count). The molecule has 0 amide bonds. The van der Waals surface area contributed by atoms with Gasteiger partial charge >= 0.3 is 0 Å². The first kappa shape index (κ1) is 12.7. The van der Waals surface area contributed by atoms with Crippen LogP contribution in [-0.4, -0.2) is 27.6 Å². The molecule has 0 N–H and O–H groups in total. The Balaban J connectivity index is 2.35. The molecule has 0 atom stereocenters. The summed E-state index contributed by atoms with van der Waals surface area (Å²) in [5.41, 5.74) is 1.03. The fourth-order valence-electron chi connectivity index (χ4n) is 1.60. The maximum Gasteiger partial charge on any atom is 0.196 e. The predicted octanol–water partition coefficient (Wildman–Crippen LogP) is 2.86. The number of hydrogen-bond acceptors (Lipinski definition) is 4. The zero-order chi connectivity index (χ0) is 13.0. The SMILES string of the molecule is C=CCSc1nnc(C)n1-c1ccc(OC)cc1. The van der Waals surface area contributed by atoms with Gasteiger partial charge in [-0.2, -0.15) is 0 Å². The van der Waals surface area contributed by atoms with E-state index < -0.39 is 0 Å². The van der Waals surface area contributed by atoms with Crippen molar-refractivity contribution in [2.45, 2.75) is 12.1 Å². The fraction of sp³-hybridized carbons (Fsp3) is 0.231. The molecule has 0 bridgehead atoms. The van der Waals surface area contributed by atoms with Crippen molar-refractivity contribution in [3.05, 3.63) is 42.7 Å². The fourth-order valence-corrected chi connectivity index (χ4v) is 2.33. The Kier molecular flexibility index (Phi) is 4.04. The lowest BCUT2D eigenvalue weighted by Crippen LogP contribution is -1.99. The molecule has 18 heavy (non-hydrogen) atoms. The van der Waals surface area contributed by atoms with Crippen molar-refractivity contribution in [2.24, 2.45) is 0 Å². The average molecular weight is 261 g/mol. The molecule has 4 nitrogen and oxygen atoms in total. The summed E-state index contributed by atoms with van der Waals surface area (Å²) in [5.74, 6) is 2.52. The summed E-state index contributed by atoms with van der Waals surface area (Å²) in [5, 5.41) is 9.16. The number of thioether (sulfide) groups is 1. The van der Waals surface area contributed by atoms with E-state index in [4.69, 9.17) is 4.74 Å². The van der Waals surface area contributed by atoms with Gasteiger partial charge in [-0.3, -0.25) is 4.57 Å². The van der Waals surface area contributed by atoms with Gasteiger partial charge in [-0.15, -0.1) is 16.8 Å². The first-order valence-electron chi connectivity index (χ1n) is 5.56. The molecule has 5 heteroatoms. The summed E-state index contributed by atoms with van der Waals surface area (Å²) in [6.45, 7) is 5.65. The van der Waals surface area contributed by atoms with E-state index in [0.717, 1.165) is 28.2 Å². The van der Waals surface area contributed by atoms with Gasteiger partial charge in [0.1, 0.15) is 11.6 Å². The summed E-state index contributed by atoms with van der Waals surface area (Å²) in [6, 6.07) is 7.84. The van der Waals surface area contributed by atoms with Gasteiger partial charge in [-0.05, 0) is 31.2 Å². The second-order valence-electron chi connectivity index (χ2n) is 3.66. The van der Waals surface area contributed by atoms with Crippen LogP contribution in [0.5, 0.6) is 5.75 Å². The molecule has 0 aliphatic carbocycles. The normalized spacial score (nSPS) is 10.3. The summed E-state index contributed by atoms with van der Waals surface area (Å²) < 4.78 is 7.17. The lowest BCUT2D eigenvalue weighted by atomic mass is 10.3. The third-order valence-electron chi connectivity index (χ3n) is 2.46. The second-order valence-corrected chi connectivity index (χ2v) is 4.65. The molecule has 0 fully saturated rings. The van der Waals surface area contributed by atoms with Crippen LogP contribution >= 0.6 is 11.8 Å². The van der Waals surface area contributed by atoms with Crippen molar-refractivity contribution in [2.75, 3.05) is 12.9 Å². The molecule has 1 heterocycles. The number of aryl methyl sites for hydroxylation is 1. The van der Waals surface area contributed by atoms with Gasteiger partial charge < -0.3 is 4.74 Å². The van der Waals surface area contributed by atoms with Crippen molar-refractivity contribution < 1.29 is 4.74 Å². The number of ether oxygens (including phenoxy) is 1. The molecule has 0 spiro atoms. The van der Waals surface area contributed by atoms with E-state index in [-0.39, 0.29) is 0 Å². The lowest BCUT2D eigenvalue weighted by Gasteiger charge is -2.08. The van der Waals surface area contributed by atoms with Crippen molar-refractivity contribution >= 4 is 11.8 Å². The van der Waals surface area contributed by atoms with E-state index in [0.29, 0.717) is 0 Å². The highest BCUT2D eigenvalue weighted by molar-refractivity contribution is 7.99. The molecular weight excluding hydrogens is 246 g/mol. The Morgan fingerprint density at radius 1 is 1.33 bits per heavy atom. The summed E-state index contributed by atoms with van der Waals surface area (Å²) in [7, 11) is 1.66. The molecule has 94 valence electrons. The van der Waals surface area contributed by atoms with Crippen LogP contribution in [-0.2, 0) is 0 Å². The second kappa shape index (κ2) is 5.73. The topological polar surface area (TPSA) is 39.9 Å². The van der Waals surface area contributed by atoms with Gasteiger partial charge in [0.05, 0.1) is 7.11 Å². The van der Waals surface area contributed by atoms with Crippen molar-refractivity contribution in [3.8, 4) is 11.4 Å². The molecule has 0 unspecified atom stereocenters. The van der Waals surface area contributed by atoms with E-state index >= 15 is 0 Å². The summed E-state index contributed by atoms with van der Waals surface area (Å²) >= 11 is 1.61. The molecule has 1 aromatic carbocycles. The summed E-state index contributed by atoms with van der Waals surface area (Å²) in [4.78, 5) is 0. The van der Waals surface area contributed by atoms with Crippen molar-refractivity contribution in [3.63, 3.8) is 0 Å². The minimum Gasteiger partial charge on any atom is -0.497 e. The Hall–Kier alpha value is -1.75. The molecule has 0 aliphatic heterocycles. The number of rotatable bonds is 5. The van der Waals surface area contributed by atoms with Gasteiger partial charge in [0, 0.05) is 11.4 Å². The highest BCUT2D eigenvalue weighted by Gasteiger charge is 2.10. The van der Waals surface area contributed by atoms with Crippen LogP contribution in [0.3, 0.4) is 0 Å². The molecule has 1 aromatic heterocycles. The van der Waals surface area contributed by atoms with E-state index in [2.05, 4.69) is 16.8 Å². The zero-order valence-corrected chi connectivity index (χ0v) is 11.3. The molecule has 0 saturated carbocycles. The van der Waals surface area contributed by atoms with Crippen LogP contribution in [0, 0.1) is 6.92 Å². The number of benzene rings is 1. The monoisotopic (exact) mass is 261 g/mol. The average Bonchev–Trinajstić information content (AvgIpc) is 2.77. The van der Waals surface area contributed by atoms with Gasteiger partial charge in [0.2, 0.25) is 0 Å². The minimum absolute atomic E-state index is 0.814. The third kappa shape index (κ3) is 2.56. The lowest BCUT2D eigenvalue weighted by molar-refractivity contribution is 0.414. The smallest absolute Gasteiger partial charge is 0.196 e. The van der Waals surface area contributed by atoms with Gasteiger partial charge in [-0.25, -0.2) is 0 Å². The largest absolute Gasteiger partial charge is 0.497 e. The number of methoxy groups -OCH3 is 1. The Labute approximate surface area is 111 Å². The maximum atomic E-state index is 5.15. The first-order valence-corrected chi connectivity index (χ1v) is 6.55. The standard InChI is InChI=1S/C13H15N3OS/c1-4-9-18-13-15-14-10(2)16(13)11-5-7-12(17-3)8-6-11/h4-8H,1,9H2,2-3H3. The van der Waals surface area contributed by atoms with E-state index in [9.17, 15) is 0 Å². The number of nitrogens with zero attached hydrogens (tertiary/aromatic N) is 3. The van der Waals surface area contributed by atoms with E-state index in [1.54, 1.807) is 18.9 Å². The Morgan fingerprint density at radius 2 is 2.06 bits per heavy atom. The molecule has 0 aliphatic rings. The quantitative estimate of drug-likeness (QED) is 0.613. The zero-order valence-electron chi connectivity index (χ0n) is 10.5. The predicted molar refractivity (Wildman–Crippen MR) is 73.6 cm³/mol. The van der Waals surface area contributed by atoms with Gasteiger partial charge in [0.15, 0.2) is 5.16 Å². The van der Waals surface area contributed by atoms with Gasteiger partial charge in [0.25, 0.3) is 0 Å². The van der Waals surface area contributed by atoms with Crippen LogP contribution < -0.4 is 4.74 Å². The number of hydrogen-bond donors (Lipinski definition) is 0. The highest BCUT2D eigenvalue weighted by Crippen LogP contribution is 2.23. The first-order chi connectivity index (χ1) is 8.76. The van der Waals surface area contributed by atoms with E-state index in [1.807, 2.05) is 41.8 Å².